The number of likely N-dealkylation sites (N-methyl/N-ethyl adjacent to an activating group) is 1. The van der Waals surface area contributed by atoms with E-state index in [2.05, 4.69) is 36.4 Å². The zero-order valence-corrected chi connectivity index (χ0v) is 23.2. The number of benzene rings is 2. The molecule has 0 aliphatic heterocycles. The first-order chi connectivity index (χ1) is 19.2. The lowest BCUT2D eigenvalue weighted by atomic mass is 10.1. The number of ether oxygens (including phenoxy) is 1. The van der Waals surface area contributed by atoms with Crippen LogP contribution in [0, 0.1) is 0 Å². The van der Waals surface area contributed by atoms with Gasteiger partial charge in [-0.1, -0.05) is 23.7 Å². The third kappa shape index (κ3) is 8.91. The van der Waals surface area contributed by atoms with Crippen LogP contribution in [-0.4, -0.2) is 71.7 Å². The molecule has 11 nitrogen and oxygen atoms in total. The first kappa shape index (κ1) is 29.8. The third-order valence-electron chi connectivity index (χ3n) is 5.81. The molecule has 0 radical (unpaired) electrons. The van der Waals surface area contributed by atoms with Gasteiger partial charge in [-0.05, 0) is 54.8 Å². The van der Waals surface area contributed by atoms with Crippen LogP contribution in [0.3, 0.4) is 0 Å². The molecular formula is C26H29ClF3N8O3+. The summed E-state index contributed by atoms with van der Waals surface area (Å²) in [6, 6.07) is 12.8. The van der Waals surface area contributed by atoms with E-state index in [1.165, 1.54) is 12.1 Å². The number of quaternary nitrogens is 1. The molecule has 0 spiro atoms. The second kappa shape index (κ2) is 11.7. The summed E-state index contributed by atoms with van der Waals surface area (Å²) in [6.45, 7) is -1.41. The Kier molecular flexibility index (Phi) is 8.54. The van der Waals surface area contributed by atoms with Crippen LogP contribution in [0.15, 0.2) is 48.5 Å². The van der Waals surface area contributed by atoms with E-state index in [0.717, 1.165) is 18.4 Å². The Hall–Kier alpha value is -4.17. The SMILES string of the molecule is C[N+](C)(C)CC(=O)NNC(=O)c1ccc(Nc2nc(NC3(c4ccc(Cl)cc4)CC3)nc(OCC(F)(F)F)n2)cc1. The highest BCUT2D eigenvalue weighted by Gasteiger charge is 2.45. The lowest BCUT2D eigenvalue weighted by Crippen LogP contribution is -2.49. The summed E-state index contributed by atoms with van der Waals surface area (Å²) in [5.41, 5.74) is 5.83. The van der Waals surface area contributed by atoms with Gasteiger partial charge in [-0.3, -0.25) is 20.4 Å². The lowest BCUT2D eigenvalue weighted by molar-refractivity contribution is -0.862. The Balaban J connectivity index is 1.47. The van der Waals surface area contributed by atoms with Gasteiger partial charge in [0.15, 0.2) is 13.2 Å². The molecule has 218 valence electrons. The van der Waals surface area contributed by atoms with E-state index in [1.54, 1.807) is 24.3 Å². The first-order valence-electron chi connectivity index (χ1n) is 12.5. The van der Waals surface area contributed by atoms with Gasteiger partial charge in [-0.15, -0.1) is 0 Å². The second-order valence-electron chi connectivity index (χ2n) is 10.5. The Morgan fingerprint density at radius 1 is 0.951 bits per heavy atom. The number of rotatable bonds is 10. The highest BCUT2D eigenvalue weighted by Crippen LogP contribution is 2.48. The van der Waals surface area contributed by atoms with Gasteiger partial charge in [-0.2, -0.15) is 28.1 Å². The van der Waals surface area contributed by atoms with Crippen molar-refractivity contribution in [3.63, 3.8) is 0 Å². The van der Waals surface area contributed by atoms with E-state index in [0.29, 0.717) is 15.2 Å². The Morgan fingerprint density at radius 3 is 2.17 bits per heavy atom. The number of amides is 2. The van der Waals surface area contributed by atoms with Gasteiger partial charge in [0.1, 0.15) is 0 Å². The Labute approximate surface area is 239 Å². The molecule has 2 aromatic carbocycles. The quantitative estimate of drug-likeness (QED) is 0.206. The maximum absolute atomic E-state index is 12.8. The fraction of sp³-hybridized carbons (Fsp3) is 0.346. The summed E-state index contributed by atoms with van der Waals surface area (Å²) in [6.07, 6.45) is -3.08. The molecule has 0 saturated heterocycles. The summed E-state index contributed by atoms with van der Waals surface area (Å²) in [4.78, 5) is 36.6. The first-order valence-corrected chi connectivity index (χ1v) is 12.8. The summed E-state index contributed by atoms with van der Waals surface area (Å²) in [7, 11) is 5.52. The molecule has 41 heavy (non-hydrogen) atoms. The summed E-state index contributed by atoms with van der Waals surface area (Å²) in [5.74, 6) is -0.933. The van der Waals surface area contributed by atoms with Crippen molar-refractivity contribution in [1.29, 1.82) is 0 Å². The molecule has 4 N–H and O–H groups in total. The predicted molar refractivity (Wildman–Crippen MR) is 146 cm³/mol. The second-order valence-corrected chi connectivity index (χ2v) is 11.0. The van der Waals surface area contributed by atoms with E-state index in [4.69, 9.17) is 16.3 Å². The van der Waals surface area contributed by atoms with Crippen LogP contribution < -0.4 is 26.2 Å². The number of hydrazine groups is 1. The summed E-state index contributed by atoms with van der Waals surface area (Å²) in [5, 5.41) is 6.66. The zero-order valence-electron chi connectivity index (χ0n) is 22.5. The van der Waals surface area contributed by atoms with Crippen LogP contribution in [0.2, 0.25) is 5.02 Å². The highest BCUT2D eigenvalue weighted by atomic mass is 35.5. The standard InChI is InChI=1S/C26H28ClF3N8O3/c1-38(2,3)14-20(39)36-37-21(40)16-4-10-19(11-5-16)31-22-32-23(34-24(33-22)41-15-26(28,29)30)35-25(12-13-25)17-6-8-18(27)9-7-17/h4-11H,12-15H2,1-3H3,(H3-,31,32,33,34,35,36,37,39,40)/p+1. The summed E-state index contributed by atoms with van der Waals surface area (Å²) >= 11 is 6.00. The van der Waals surface area contributed by atoms with Crippen molar-refractivity contribution >= 4 is 41.0 Å². The van der Waals surface area contributed by atoms with Crippen molar-refractivity contribution in [3.05, 3.63) is 64.7 Å². The van der Waals surface area contributed by atoms with Gasteiger partial charge in [-0.25, -0.2) is 0 Å². The van der Waals surface area contributed by atoms with Gasteiger partial charge >= 0.3 is 12.2 Å². The van der Waals surface area contributed by atoms with Gasteiger partial charge < -0.3 is 19.9 Å². The molecule has 1 heterocycles. The number of carbonyl (C=O) groups excluding carboxylic acids is 2. The van der Waals surface area contributed by atoms with E-state index in [9.17, 15) is 22.8 Å². The number of carbonyl (C=O) groups is 2. The minimum Gasteiger partial charge on any atom is -0.454 e. The molecule has 2 amide bonds. The molecule has 15 heteroatoms. The van der Waals surface area contributed by atoms with E-state index < -0.39 is 30.2 Å². The molecule has 1 aromatic heterocycles. The lowest BCUT2D eigenvalue weighted by Gasteiger charge is -2.22. The zero-order chi connectivity index (χ0) is 29.8. The number of hydrogen-bond donors (Lipinski definition) is 4. The number of anilines is 3. The van der Waals surface area contributed by atoms with E-state index in [-0.39, 0.29) is 29.9 Å². The maximum atomic E-state index is 12.8. The smallest absolute Gasteiger partial charge is 0.422 e. The Bertz CT molecular complexity index is 1390. The molecule has 0 atom stereocenters. The normalized spacial score (nSPS) is 14.1. The summed E-state index contributed by atoms with van der Waals surface area (Å²) < 4.78 is 43.6. The molecule has 1 saturated carbocycles. The fourth-order valence-corrected chi connectivity index (χ4v) is 3.90. The van der Waals surface area contributed by atoms with Crippen molar-refractivity contribution in [2.45, 2.75) is 24.6 Å². The molecule has 0 unspecified atom stereocenters. The van der Waals surface area contributed by atoms with Gasteiger partial charge in [0.2, 0.25) is 11.9 Å². The molecule has 4 rings (SSSR count). The van der Waals surface area contributed by atoms with Gasteiger partial charge in [0.05, 0.1) is 26.7 Å². The van der Waals surface area contributed by atoms with Gasteiger partial charge in [0, 0.05) is 16.3 Å². The van der Waals surface area contributed by atoms with Crippen molar-refractivity contribution in [2.75, 3.05) is 44.9 Å². The van der Waals surface area contributed by atoms with Crippen LogP contribution in [0.5, 0.6) is 6.01 Å². The predicted octanol–water partition coefficient (Wildman–Crippen LogP) is 3.78. The fourth-order valence-electron chi connectivity index (χ4n) is 3.78. The van der Waals surface area contributed by atoms with Crippen LogP contribution in [0.4, 0.5) is 30.8 Å². The molecule has 1 aliphatic carbocycles. The maximum Gasteiger partial charge on any atom is 0.422 e. The van der Waals surface area contributed by atoms with Crippen LogP contribution in [-0.2, 0) is 10.3 Å². The highest BCUT2D eigenvalue weighted by molar-refractivity contribution is 6.30. The number of alkyl halides is 3. The van der Waals surface area contributed by atoms with Crippen LogP contribution in [0.1, 0.15) is 28.8 Å². The van der Waals surface area contributed by atoms with Crippen molar-refractivity contribution in [1.82, 2.24) is 25.8 Å². The molecule has 3 aromatic rings. The minimum atomic E-state index is -4.59. The molecule has 1 aliphatic rings. The molecule has 1 fully saturated rings. The minimum absolute atomic E-state index is 0.0211. The monoisotopic (exact) mass is 593 g/mol. The Morgan fingerprint density at radius 2 is 1.59 bits per heavy atom. The number of nitrogens with zero attached hydrogens (tertiary/aromatic N) is 4. The van der Waals surface area contributed by atoms with E-state index >= 15 is 0 Å². The van der Waals surface area contributed by atoms with Gasteiger partial charge in [0.25, 0.3) is 11.8 Å². The van der Waals surface area contributed by atoms with Crippen molar-refractivity contribution < 1.29 is 32.0 Å². The van der Waals surface area contributed by atoms with Crippen LogP contribution >= 0.6 is 11.6 Å². The number of nitrogens with one attached hydrogen (secondary N) is 4. The van der Waals surface area contributed by atoms with Crippen molar-refractivity contribution in [3.8, 4) is 6.01 Å². The average molecular weight is 594 g/mol. The number of halogens is 4. The largest absolute Gasteiger partial charge is 0.454 e. The average Bonchev–Trinajstić information content (AvgIpc) is 3.66. The topological polar surface area (TPSA) is 130 Å². The van der Waals surface area contributed by atoms with Crippen LogP contribution in [0.25, 0.3) is 0 Å². The molecule has 0 bridgehead atoms. The van der Waals surface area contributed by atoms with Crippen molar-refractivity contribution in [2.24, 2.45) is 0 Å². The molecular weight excluding hydrogens is 565 g/mol. The third-order valence-corrected chi connectivity index (χ3v) is 6.07. The number of hydrogen-bond acceptors (Lipinski definition) is 8. The van der Waals surface area contributed by atoms with E-state index in [1.807, 2.05) is 33.3 Å². The number of aromatic nitrogens is 3.